The topological polar surface area (TPSA) is 36.9 Å². The summed E-state index contributed by atoms with van der Waals surface area (Å²) < 4.78 is 6.66. The van der Waals surface area contributed by atoms with Crippen LogP contribution in [-0.4, -0.2) is 56.5 Å². The highest BCUT2D eigenvalue weighted by molar-refractivity contribution is 14.0. The Bertz CT molecular complexity index is 541. The molecular weight excluding hydrogens is 525 g/mol. The third kappa shape index (κ3) is 8.80. The summed E-state index contributed by atoms with van der Waals surface area (Å²) >= 11 is 5.51. The molecule has 1 aromatic rings. The van der Waals surface area contributed by atoms with Crippen molar-refractivity contribution < 1.29 is 4.74 Å². The molecule has 1 aromatic carbocycles. The second kappa shape index (κ2) is 14.1. The van der Waals surface area contributed by atoms with Gasteiger partial charge in [-0.2, -0.15) is 0 Å². The number of rotatable bonds is 9. The normalized spacial score (nSPS) is 17.0. The van der Waals surface area contributed by atoms with Crippen molar-refractivity contribution in [1.29, 1.82) is 0 Å². The first-order valence-corrected chi connectivity index (χ1v) is 10.9. The van der Waals surface area contributed by atoms with Crippen LogP contribution in [0.3, 0.4) is 0 Å². The second-order valence-electron chi connectivity index (χ2n) is 6.33. The van der Waals surface area contributed by atoms with Gasteiger partial charge < -0.3 is 15.0 Å². The van der Waals surface area contributed by atoms with Gasteiger partial charge in [0.15, 0.2) is 5.96 Å². The van der Waals surface area contributed by atoms with Gasteiger partial charge in [-0.05, 0) is 60.0 Å². The van der Waals surface area contributed by atoms with Crippen LogP contribution in [-0.2, 0) is 4.74 Å². The summed E-state index contributed by atoms with van der Waals surface area (Å²) in [6.07, 6.45) is 3.46. The summed E-state index contributed by atoms with van der Waals surface area (Å²) in [5, 5.41) is 3.40. The van der Waals surface area contributed by atoms with Gasteiger partial charge in [-0.15, -0.1) is 35.7 Å². The molecular formula is C19H31BrIN3OS. The van der Waals surface area contributed by atoms with Gasteiger partial charge in [0.05, 0.1) is 6.61 Å². The number of hydrogen-bond donors (Lipinski definition) is 1. The molecule has 1 atom stereocenters. The molecule has 7 heteroatoms. The van der Waals surface area contributed by atoms with Crippen molar-refractivity contribution in [1.82, 2.24) is 10.2 Å². The number of nitrogens with zero attached hydrogens (tertiary/aromatic N) is 2. The third-order valence-corrected chi connectivity index (χ3v) is 6.27. The Labute approximate surface area is 188 Å². The van der Waals surface area contributed by atoms with E-state index in [1.54, 1.807) is 0 Å². The number of aliphatic imine (C=N–C) groups is 1. The average molecular weight is 556 g/mol. The van der Waals surface area contributed by atoms with E-state index in [1.807, 2.05) is 11.8 Å². The van der Waals surface area contributed by atoms with Crippen LogP contribution in [0.25, 0.3) is 0 Å². The lowest BCUT2D eigenvalue weighted by Crippen LogP contribution is -2.41. The molecule has 2 rings (SSSR count). The molecule has 1 unspecified atom stereocenters. The molecule has 0 aromatic heterocycles. The lowest BCUT2D eigenvalue weighted by Gasteiger charge is -2.24. The highest BCUT2D eigenvalue weighted by Crippen LogP contribution is 2.27. The van der Waals surface area contributed by atoms with Gasteiger partial charge in [0.2, 0.25) is 0 Å². The summed E-state index contributed by atoms with van der Waals surface area (Å²) in [7, 11) is 2.13. The molecule has 0 amide bonds. The van der Waals surface area contributed by atoms with Gasteiger partial charge in [-0.3, -0.25) is 4.99 Å². The summed E-state index contributed by atoms with van der Waals surface area (Å²) in [6, 6.07) is 8.41. The molecule has 26 heavy (non-hydrogen) atoms. The van der Waals surface area contributed by atoms with Crippen molar-refractivity contribution in [3.8, 4) is 0 Å². The lowest BCUT2D eigenvalue weighted by atomic mass is 10.1. The summed E-state index contributed by atoms with van der Waals surface area (Å²) in [5.41, 5.74) is 0. The Kier molecular flexibility index (Phi) is 13.0. The van der Waals surface area contributed by atoms with Crippen molar-refractivity contribution in [3.05, 3.63) is 28.7 Å². The molecule has 1 saturated heterocycles. The van der Waals surface area contributed by atoms with Crippen molar-refractivity contribution in [3.63, 3.8) is 0 Å². The first kappa shape index (κ1) is 24.0. The summed E-state index contributed by atoms with van der Waals surface area (Å²) in [5.74, 6) is 2.78. The van der Waals surface area contributed by atoms with E-state index in [1.165, 1.54) is 15.8 Å². The monoisotopic (exact) mass is 555 g/mol. The Morgan fingerprint density at radius 2 is 2.19 bits per heavy atom. The van der Waals surface area contributed by atoms with Crippen molar-refractivity contribution in [2.45, 2.75) is 31.1 Å². The molecule has 0 spiro atoms. The van der Waals surface area contributed by atoms with Crippen LogP contribution in [0.4, 0.5) is 0 Å². The molecule has 0 aliphatic carbocycles. The smallest absolute Gasteiger partial charge is 0.193 e. The minimum Gasteiger partial charge on any atom is -0.381 e. The van der Waals surface area contributed by atoms with Gasteiger partial charge >= 0.3 is 0 Å². The van der Waals surface area contributed by atoms with Gasteiger partial charge in [-0.25, -0.2) is 0 Å². The zero-order valence-corrected chi connectivity index (χ0v) is 20.5. The van der Waals surface area contributed by atoms with Gasteiger partial charge in [-0.1, -0.05) is 12.1 Å². The van der Waals surface area contributed by atoms with Crippen LogP contribution in [0.1, 0.15) is 26.2 Å². The SMILES string of the molecule is CCNC(=NCCCCSc1ccccc1Br)N(C)CC1CCOC1.I. The van der Waals surface area contributed by atoms with Crippen LogP contribution in [0.5, 0.6) is 0 Å². The van der Waals surface area contributed by atoms with Crippen LogP contribution < -0.4 is 5.32 Å². The molecule has 1 fully saturated rings. The highest BCUT2D eigenvalue weighted by Gasteiger charge is 2.18. The van der Waals surface area contributed by atoms with E-state index >= 15 is 0 Å². The van der Waals surface area contributed by atoms with Crippen molar-refractivity contribution in [2.24, 2.45) is 10.9 Å². The molecule has 1 N–H and O–H groups in total. The third-order valence-electron chi connectivity index (χ3n) is 4.16. The van der Waals surface area contributed by atoms with Crippen LogP contribution in [0, 0.1) is 5.92 Å². The molecule has 0 saturated carbocycles. The van der Waals surface area contributed by atoms with Crippen molar-refractivity contribution in [2.75, 3.05) is 45.6 Å². The number of halogens is 2. The molecule has 0 bridgehead atoms. The molecule has 1 aliphatic heterocycles. The second-order valence-corrected chi connectivity index (χ2v) is 8.32. The molecule has 0 radical (unpaired) electrons. The number of nitrogens with one attached hydrogen (secondary N) is 1. The number of unbranched alkanes of at least 4 members (excludes halogenated alkanes) is 1. The zero-order chi connectivity index (χ0) is 17.9. The first-order valence-electron chi connectivity index (χ1n) is 9.15. The van der Waals surface area contributed by atoms with E-state index in [-0.39, 0.29) is 24.0 Å². The Morgan fingerprint density at radius 1 is 1.38 bits per heavy atom. The van der Waals surface area contributed by atoms with E-state index in [0.717, 1.165) is 57.4 Å². The maximum Gasteiger partial charge on any atom is 0.193 e. The van der Waals surface area contributed by atoms with Crippen LogP contribution in [0.15, 0.2) is 38.6 Å². The largest absolute Gasteiger partial charge is 0.381 e. The lowest BCUT2D eigenvalue weighted by molar-refractivity contribution is 0.181. The Balaban J connectivity index is 0.00000338. The average Bonchev–Trinajstić information content (AvgIpc) is 3.11. The van der Waals surface area contributed by atoms with E-state index in [0.29, 0.717) is 5.92 Å². The summed E-state index contributed by atoms with van der Waals surface area (Å²) in [4.78, 5) is 8.36. The first-order chi connectivity index (χ1) is 12.2. The standard InChI is InChI=1S/C19H30BrN3OS.HI/c1-3-21-19(23(2)14-16-10-12-24-15-16)22-11-6-7-13-25-18-9-5-4-8-17(18)20;/h4-5,8-9,16H,3,6-7,10-15H2,1-2H3,(H,21,22);1H. The van der Waals surface area contributed by atoms with Gasteiger partial charge in [0.1, 0.15) is 0 Å². The number of benzene rings is 1. The van der Waals surface area contributed by atoms with Gasteiger partial charge in [0, 0.05) is 48.6 Å². The zero-order valence-electron chi connectivity index (χ0n) is 15.7. The Morgan fingerprint density at radius 3 is 2.88 bits per heavy atom. The van der Waals surface area contributed by atoms with E-state index in [2.05, 4.69) is 64.4 Å². The van der Waals surface area contributed by atoms with Crippen LogP contribution >= 0.6 is 51.7 Å². The van der Waals surface area contributed by atoms with Crippen LogP contribution in [0.2, 0.25) is 0 Å². The number of hydrogen-bond acceptors (Lipinski definition) is 3. The maximum atomic E-state index is 5.48. The quantitative estimate of drug-likeness (QED) is 0.155. The number of guanidine groups is 1. The fourth-order valence-corrected chi connectivity index (χ4v) is 4.39. The predicted molar refractivity (Wildman–Crippen MR) is 127 cm³/mol. The fraction of sp³-hybridized carbons (Fsp3) is 0.632. The number of ether oxygens (including phenoxy) is 1. The van der Waals surface area contributed by atoms with Gasteiger partial charge in [0.25, 0.3) is 0 Å². The van der Waals surface area contributed by atoms with E-state index in [9.17, 15) is 0 Å². The minimum absolute atomic E-state index is 0. The molecule has 1 heterocycles. The van der Waals surface area contributed by atoms with E-state index in [4.69, 9.17) is 9.73 Å². The molecule has 1 aliphatic rings. The minimum atomic E-state index is 0. The van der Waals surface area contributed by atoms with Crippen molar-refractivity contribution >= 4 is 57.6 Å². The summed E-state index contributed by atoms with van der Waals surface area (Å²) in [6.45, 7) is 6.71. The molecule has 148 valence electrons. The highest BCUT2D eigenvalue weighted by atomic mass is 127. The predicted octanol–water partition coefficient (Wildman–Crippen LogP) is 4.87. The maximum absolute atomic E-state index is 5.48. The van der Waals surface area contributed by atoms with E-state index < -0.39 is 0 Å². The number of thioether (sulfide) groups is 1. The Hall–Kier alpha value is 0.01000. The fourth-order valence-electron chi connectivity index (χ4n) is 2.81. The molecule has 4 nitrogen and oxygen atoms in total.